The summed E-state index contributed by atoms with van der Waals surface area (Å²) in [6, 6.07) is 6.70. The number of fused-ring (bicyclic) bond motifs is 1. The van der Waals surface area contributed by atoms with E-state index in [-0.39, 0.29) is 5.78 Å². The van der Waals surface area contributed by atoms with Crippen LogP contribution in [0.1, 0.15) is 15.9 Å². The number of nitrogen functional groups attached to an aromatic ring is 1. The maximum absolute atomic E-state index is 12.6. The van der Waals surface area contributed by atoms with Crippen LogP contribution in [0.2, 0.25) is 5.02 Å². The highest BCUT2D eigenvalue weighted by Crippen LogP contribution is 2.26. The van der Waals surface area contributed by atoms with Gasteiger partial charge in [-0.3, -0.25) is 4.79 Å². The fourth-order valence-corrected chi connectivity index (χ4v) is 2.63. The summed E-state index contributed by atoms with van der Waals surface area (Å²) >= 11 is 9.44. The Labute approximate surface area is 128 Å². The van der Waals surface area contributed by atoms with Gasteiger partial charge in [-0.05, 0) is 40.2 Å². The molecule has 3 aromatic rings. The Hall–Kier alpha value is -1.85. The van der Waals surface area contributed by atoms with Gasteiger partial charge in [-0.25, -0.2) is 4.98 Å². The van der Waals surface area contributed by atoms with E-state index in [0.717, 1.165) is 9.86 Å². The van der Waals surface area contributed by atoms with Gasteiger partial charge < -0.3 is 10.7 Å². The zero-order valence-corrected chi connectivity index (χ0v) is 12.5. The first-order valence-corrected chi connectivity index (χ1v) is 6.95. The standard InChI is InChI=1S/C14H9BrClN3O/c15-7-3-10-11(6-19-14(10)18-5-7)13(20)9-2-1-8(17)4-12(9)16/h1-6H,17H2,(H,18,19). The minimum Gasteiger partial charge on any atom is -0.399 e. The number of hydrogen-bond donors (Lipinski definition) is 2. The molecule has 0 fully saturated rings. The van der Waals surface area contributed by atoms with Crippen LogP contribution in [0, 0.1) is 0 Å². The van der Waals surface area contributed by atoms with E-state index in [1.165, 1.54) is 0 Å². The Morgan fingerprint density at radius 3 is 2.85 bits per heavy atom. The number of carbonyl (C=O) groups is 1. The van der Waals surface area contributed by atoms with Crippen LogP contribution >= 0.6 is 27.5 Å². The summed E-state index contributed by atoms with van der Waals surface area (Å²) in [4.78, 5) is 19.8. The first-order valence-electron chi connectivity index (χ1n) is 5.78. The molecule has 0 saturated carbocycles. The van der Waals surface area contributed by atoms with Gasteiger partial charge in [-0.1, -0.05) is 11.6 Å². The number of rotatable bonds is 2. The quantitative estimate of drug-likeness (QED) is 0.545. The SMILES string of the molecule is Nc1ccc(C(=O)c2c[nH]c3ncc(Br)cc23)c(Cl)c1. The van der Waals surface area contributed by atoms with Crippen molar-refractivity contribution in [1.29, 1.82) is 0 Å². The number of hydrogen-bond acceptors (Lipinski definition) is 3. The van der Waals surface area contributed by atoms with Crippen molar-refractivity contribution in [2.75, 3.05) is 5.73 Å². The lowest BCUT2D eigenvalue weighted by Gasteiger charge is -2.03. The van der Waals surface area contributed by atoms with Crippen LogP contribution in [0.4, 0.5) is 5.69 Å². The molecule has 0 aliphatic heterocycles. The van der Waals surface area contributed by atoms with Gasteiger partial charge in [0.2, 0.25) is 0 Å². The second-order valence-corrected chi connectivity index (χ2v) is 5.64. The first-order chi connectivity index (χ1) is 9.56. The number of aromatic amines is 1. The predicted molar refractivity (Wildman–Crippen MR) is 83.1 cm³/mol. The molecule has 1 aromatic carbocycles. The summed E-state index contributed by atoms with van der Waals surface area (Å²) in [5.74, 6) is -0.166. The summed E-state index contributed by atoms with van der Waals surface area (Å²) in [5.41, 5.74) is 7.76. The second-order valence-electron chi connectivity index (χ2n) is 4.32. The molecule has 3 rings (SSSR count). The second kappa shape index (κ2) is 4.92. The number of aromatic nitrogens is 2. The zero-order valence-electron chi connectivity index (χ0n) is 10.2. The maximum atomic E-state index is 12.6. The Morgan fingerprint density at radius 2 is 2.10 bits per heavy atom. The molecule has 100 valence electrons. The zero-order chi connectivity index (χ0) is 14.3. The molecule has 0 aliphatic rings. The predicted octanol–water partition coefficient (Wildman–Crippen LogP) is 3.79. The third-order valence-electron chi connectivity index (χ3n) is 2.98. The number of nitrogens with one attached hydrogen (secondary N) is 1. The Kier molecular flexibility index (Phi) is 3.23. The summed E-state index contributed by atoms with van der Waals surface area (Å²) in [6.45, 7) is 0. The van der Waals surface area contributed by atoms with Crippen molar-refractivity contribution in [3.05, 3.63) is 57.3 Å². The number of pyridine rings is 1. The monoisotopic (exact) mass is 349 g/mol. The normalized spacial score (nSPS) is 10.9. The molecule has 2 heterocycles. The van der Waals surface area contributed by atoms with Crippen molar-refractivity contribution in [3.8, 4) is 0 Å². The van der Waals surface area contributed by atoms with Crippen molar-refractivity contribution in [1.82, 2.24) is 9.97 Å². The van der Waals surface area contributed by atoms with Crippen molar-refractivity contribution in [3.63, 3.8) is 0 Å². The molecule has 0 saturated heterocycles. The molecule has 2 aromatic heterocycles. The van der Waals surface area contributed by atoms with Crippen molar-refractivity contribution < 1.29 is 4.79 Å². The molecule has 3 N–H and O–H groups in total. The number of nitrogens with zero attached hydrogens (tertiary/aromatic N) is 1. The molecule has 0 amide bonds. The summed E-state index contributed by atoms with van der Waals surface area (Å²) in [7, 11) is 0. The summed E-state index contributed by atoms with van der Waals surface area (Å²) < 4.78 is 0.807. The molecule has 0 atom stereocenters. The highest BCUT2D eigenvalue weighted by molar-refractivity contribution is 9.10. The molecule has 0 bridgehead atoms. The number of H-pyrrole nitrogens is 1. The van der Waals surface area contributed by atoms with E-state index < -0.39 is 0 Å². The summed E-state index contributed by atoms with van der Waals surface area (Å²) in [5, 5.41) is 1.09. The van der Waals surface area contributed by atoms with Crippen molar-refractivity contribution in [2.24, 2.45) is 0 Å². The molecule has 0 spiro atoms. The largest absolute Gasteiger partial charge is 0.399 e. The van der Waals surface area contributed by atoms with Crippen molar-refractivity contribution in [2.45, 2.75) is 0 Å². The number of carbonyl (C=O) groups excluding carboxylic acids is 1. The average Bonchev–Trinajstić information content (AvgIpc) is 2.81. The van der Waals surface area contributed by atoms with Crippen LogP contribution in [0.3, 0.4) is 0 Å². The summed E-state index contributed by atoms with van der Waals surface area (Å²) in [6.07, 6.45) is 3.31. The number of ketones is 1. The Bertz CT molecular complexity index is 828. The van der Waals surface area contributed by atoms with Crippen LogP contribution in [0.25, 0.3) is 11.0 Å². The average molecular weight is 351 g/mol. The van der Waals surface area contributed by atoms with Gasteiger partial charge >= 0.3 is 0 Å². The van der Waals surface area contributed by atoms with Crippen molar-refractivity contribution >= 4 is 50.0 Å². The van der Waals surface area contributed by atoms with Gasteiger partial charge in [-0.15, -0.1) is 0 Å². The highest BCUT2D eigenvalue weighted by Gasteiger charge is 2.17. The van der Waals surface area contributed by atoms with Crippen LogP contribution in [0.5, 0.6) is 0 Å². The van der Waals surface area contributed by atoms with Gasteiger partial charge in [-0.2, -0.15) is 0 Å². The van der Waals surface area contributed by atoms with E-state index in [9.17, 15) is 4.79 Å². The molecule has 0 radical (unpaired) electrons. The van der Waals surface area contributed by atoms with Gasteiger partial charge in [0.05, 0.1) is 5.02 Å². The molecular formula is C14H9BrClN3O. The van der Waals surface area contributed by atoms with Gasteiger partial charge in [0.25, 0.3) is 0 Å². The molecule has 6 heteroatoms. The molecular weight excluding hydrogens is 342 g/mol. The van der Waals surface area contributed by atoms with E-state index in [1.807, 2.05) is 6.07 Å². The lowest BCUT2D eigenvalue weighted by Crippen LogP contribution is -2.02. The van der Waals surface area contributed by atoms with E-state index in [0.29, 0.717) is 27.5 Å². The first kappa shape index (κ1) is 13.1. The smallest absolute Gasteiger partial charge is 0.196 e. The number of halogens is 2. The lowest BCUT2D eigenvalue weighted by atomic mass is 10.0. The number of benzene rings is 1. The number of anilines is 1. The van der Waals surface area contributed by atoms with Crippen LogP contribution in [0.15, 0.2) is 41.1 Å². The Balaban J connectivity index is 2.15. The van der Waals surface area contributed by atoms with E-state index >= 15 is 0 Å². The third kappa shape index (κ3) is 2.19. The molecule has 20 heavy (non-hydrogen) atoms. The van der Waals surface area contributed by atoms with Crippen LogP contribution in [-0.2, 0) is 0 Å². The fraction of sp³-hybridized carbons (Fsp3) is 0. The minimum absolute atomic E-state index is 0.166. The van der Waals surface area contributed by atoms with E-state index in [2.05, 4.69) is 25.9 Å². The molecule has 4 nitrogen and oxygen atoms in total. The Morgan fingerprint density at radius 1 is 1.30 bits per heavy atom. The van der Waals surface area contributed by atoms with E-state index in [4.69, 9.17) is 17.3 Å². The van der Waals surface area contributed by atoms with E-state index in [1.54, 1.807) is 30.6 Å². The van der Waals surface area contributed by atoms with Gasteiger partial charge in [0, 0.05) is 39.1 Å². The topological polar surface area (TPSA) is 71.8 Å². The highest BCUT2D eigenvalue weighted by atomic mass is 79.9. The lowest BCUT2D eigenvalue weighted by molar-refractivity contribution is 0.104. The third-order valence-corrected chi connectivity index (χ3v) is 3.73. The maximum Gasteiger partial charge on any atom is 0.196 e. The van der Waals surface area contributed by atoms with Crippen LogP contribution in [-0.4, -0.2) is 15.8 Å². The minimum atomic E-state index is -0.166. The molecule has 0 unspecified atom stereocenters. The van der Waals surface area contributed by atoms with Gasteiger partial charge in [0.15, 0.2) is 5.78 Å². The molecule has 0 aliphatic carbocycles. The number of nitrogens with two attached hydrogens (primary N) is 1. The fourth-order valence-electron chi connectivity index (χ4n) is 2.03. The van der Waals surface area contributed by atoms with Gasteiger partial charge in [0.1, 0.15) is 5.65 Å². The van der Waals surface area contributed by atoms with Crippen LogP contribution < -0.4 is 5.73 Å².